The smallest absolute Gasteiger partial charge is 0.238 e. The van der Waals surface area contributed by atoms with Crippen molar-refractivity contribution in [2.75, 3.05) is 38.0 Å². The molecule has 0 radical (unpaired) electrons. The van der Waals surface area contributed by atoms with E-state index in [1.54, 1.807) is 12.4 Å². The molecule has 1 fully saturated rings. The SMILES string of the molecule is O=C(CN1CCCNCC1)Nc1cccnc1. The third-order valence-corrected chi connectivity index (χ3v) is 2.75. The van der Waals surface area contributed by atoms with Gasteiger partial charge in [0.15, 0.2) is 0 Å². The lowest BCUT2D eigenvalue weighted by Crippen LogP contribution is -2.35. The summed E-state index contributed by atoms with van der Waals surface area (Å²) in [6.45, 7) is 4.37. The summed E-state index contributed by atoms with van der Waals surface area (Å²) in [6.07, 6.45) is 4.44. The molecule has 0 unspecified atom stereocenters. The predicted molar refractivity (Wildman–Crippen MR) is 66.8 cm³/mol. The van der Waals surface area contributed by atoms with Gasteiger partial charge in [-0.25, -0.2) is 0 Å². The number of anilines is 1. The van der Waals surface area contributed by atoms with E-state index in [9.17, 15) is 4.79 Å². The second kappa shape index (κ2) is 6.32. The molecule has 17 heavy (non-hydrogen) atoms. The highest BCUT2D eigenvalue weighted by Gasteiger charge is 2.12. The molecule has 1 aromatic heterocycles. The van der Waals surface area contributed by atoms with E-state index < -0.39 is 0 Å². The molecule has 0 atom stereocenters. The van der Waals surface area contributed by atoms with Crippen LogP contribution in [-0.4, -0.2) is 48.5 Å². The highest BCUT2D eigenvalue weighted by Crippen LogP contribution is 2.03. The van der Waals surface area contributed by atoms with E-state index in [0.717, 1.165) is 38.3 Å². The van der Waals surface area contributed by atoms with Gasteiger partial charge in [-0.05, 0) is 31.6 Å². The molecule has 5 heteroatoms. The van der Waals surface area contributed by atoms with Gasteiger partial charge < -0.3 is 10.6 Å². The molecule has 92 valence electrons. The highest BCUT2D eigenvalue weighted by atomic mass is 16.2. The van der Waals surface area contributed by atoms with Crippen LogP contribution < -0.4 is 10.6 Å². The normalized spacial score (nSPS) is 17.4. The van der Waals surface area contributed by atoms with Crippen molar-refractivity contribution < 1.29 is 4.79 Å². The molecule has 0 bridgehead atoms. The van der Waals surface area contributed by atoms with Crippen molar-refractivity contribution in [2.45, 2.75) is 6.42 Å². The van der Waals surface area contributed by atoms with Crippen molar-refractivity contribution in [1.82, 2.24) is 15.2 Å². The summed E-state index contributed by atoms with van der Waals surface area (Å²) in [6, 6.07) is 3.65. The first kappa shape index (κ1) is 12.0. The quantitative estimate of drug-likeness (QED) is 0.790. The zero-order chi connectivity index (χ0) is 11.9. The van der Waals surface area contributed by atoms with Gasteiger partial charge >= 0.3 is 0 Å². The zero-order valence-electron chi connectivity index (χ0n) is 9.85. The first-order valence-electron chi connectivity index (χ1n) is 5.97. The van der Waals surface area contributed by atoms with Crippen LogP contribution in [0.5, 0.6) is 0 Å². The van der Waals surface area contributed by atoms with Gasteiger partial charge in [0.1, 0.15) is 0 Å². The Balaban J connectivity index is 1.80. The van der Waals surface area contributed by atoms with Crippen LogP contribution in [0.4, 0.5) is 5.69 Å². The number of hydrogen-bond donors (Lipinski definition) is 2. The van der Waals surface area contributed by atoms with E-state index in [1.807, 2.05) is 12.1 Å². The number of nitrogens with one attached hydrogen (secondary N) is 2. The van der Waals surface area contributed by atoms with Crippen LogP contribution in [0.1, 0.15) is 6.42 Å². The van der Waals surface area contributed by atoms with Crippen molar-refractivity contribution in [2.24, 2.45) is 0 Å². The van der Waals surface area contributed by atoms with Gasteiger partial charge in [-0.15, -0.1) is 0 Å². The van der Waals surface area contributed by atoms with Crippen LogP contribution in [0.3, 0.4) is 0 Å². The highest BCUT2D eigenvalue weighted by molar-refractivity contribution is 5.92. The average Bonchev–Trinajstić information content (AvgIpc) is 2.59. The van der Waals surface area contributed by atoms with Gasteiger partial charge in [-0.3, -0.25) is 14.7 Å². The lowest BCUT2D eigenvalue weighted by atomic mass is 10.3. The predicted octanol–water partition coefficient (Wildman–Crippen LogP) is 0.315. The Labute approximate surface area is 101 Å². The van der Waals surface area contributed by atoms with E-state index in [-0.39, 0.29) is 5.91 Å². The fraction of sp³-hybridized carbons (Fsp3) is 0.500. The number of carbonyl (C=O) groups is 1. The number of amides is 1. The van der Waals surface area contributed by atoms with Gasteiger partial charge in [-0.1, -0.05) is 0 Å². The summed E-state index contributed by atoms with van der Waals surface area (Å²) in [5.74, 6) is 0.0277. The summed E-state index contributed by atoms with van der Waals surface area (Å²) >= 11 is 0. The summed E-state index contributed by atoms with van der Waals surface area (Å²) in [5.41, 5.74) is 0.755. The van der Waals surface area contributed by atoms with Gasteiger partial charge in [0, 0.05) is 19.3 Å². The first-order chi connectivity index (χ1) is 8.34. The van der Waals surface area contributed by atoms with E-state index in [1.165, 1.54) is 0 Å². The van der Waals surface area contributed by atoms with Gasteiger partial charge in [0.25, 0.3) is 0 Å². The number of rotatable bonds is 3. The van der Waals surface area contributed by atoms with E-state index in [4.69, 9.17) is 0 Å². The third-order valence-electron chi connectivity index (χ3n) is 2.75. The van der Waals surface area contributed by atoms with Crippen LogP contribution in [-0.2, 0) is 4.79 Å². The molecular weight excluding hydrogens is 216 g/mol. The second-order valence-corrected chi connectivity index (χ2v) is 4.17. The molecule has 0 spiro atoms. The molecule has 2 N–H and O–H groups in total. The van der Waals surface area contributed by atoms with Gasteiger partial charge in [0.05, 0.1) is 18.4 Å². The number of pyridine rings is 1. The van der Waals surface area contributed by atoms with Gasteiger partial charge in [0.2, 0.25) is 5.91 Å². The molecule has 1 aliphatic heterocycles. The van der Waals surface area contributed by atoms with Crippen LogP contribution >= 0.6 is 0 Å². The largest absolute Gasteiger partial charge is 0.324 e. The monoisotopic (exact) mass is 234 g/mol. The van der Waals surface area contributed by atoms with Crippen LogP contribution in [0.15, 0.2) is 24.5 Å². The van der Waals surface area contributed by atoms with E-state index >= 15 is 0 Å². The lowest BCUT2D eigenvalue weighted by Gasteiger charge is -2.18. The maximum Gasteiger partial charge on any atom is 0.238 e. The van der Waals surface area contributed by atoms with E-state index in [0.29, 0.717) is 6.54 Å². The van der Waals surface area contributed by atoms with Crippen LogP contribution in [0.2, 0.25) is 0 Å². The molecule has 0 saturated carbocycles. The maximum atomic E-state index is 11.8. The van der Waals surface area contributed by atoms with Crippen molar-refractivity contribution >= 4 is 11.6 Å². The summed E-state index contributed by atoms with van der Waals surface area (Å²) in [7, 11) is 0. The summed E-state index contributed by atoms with van der Waals surface area (Å²) < 4.78 is 0. The summed E-state index contributed by atoms with van der Waals surface area (Å²) in [5, 5.41) is 6.16. The third kappa shape index (κ3) is 4.13. The Morgan fingerprint density at radius 2 is 2.41 bits per heavy atom. The Morgan fingerprint density at radius 3 is 3.24 bits per heavy atom. The number of nitrogens with zero attached hydrogens (tertiary/aromatic N) is 2. The molecule has 2 heterocycles. The van der Waals surface area contributed by atoms with Crippen molar-refractivity contribution in [3.05, 3.63) is 24.5 Å². The minimum atomic E-state index is 0.0277. The number of carbonyl (C=O) groups excluding carboxylic acids is 1. The molecule has 1 saturated heterocycles. The Hall–Kier alpha value is -1.46. The molecular formula is C12H18N4O. The molecule has 0 aliphatic carbocycles. The molecule has 1 aromatic rings. The number of aromatic nitrogens is 1. The topological polar surface area (TPSA) is 57.3 Å². The molecule has 0 aromatic carbocycles. The fourth-order valence-corrected chi connectivity index (χ4v) is 1.90. The fourth-order valence-electron chi connectivity index (χ4n) is 1.90. The number of hydrogen-bond acceptors (Lipinski definition) is 4. The van der Waals surface area contributed by atoms with Crippen molar-refractivity contribution in [3.8, 4) is 0 Å². The van der Waals surface area contributed by atoms with Crippen molar-refractivity contribution in [3.63, 3.8) is 0 Å². The minimum Gasteiger partial charge on any atom is -0.324 e. The molecule has 1 aliphatic rings. The van der Waals surface area contributed by atoms with Gasteiger partial charge in [-0.2, -0.15) is 0 Å². The molecule has 5 nitrogen and oxygen atoms in total. The van der Waals surface area contributed by atoms with Crippen LogP contribution in [0, 0.1) is 0 Å². The molecule has 1 amide bonds. The zero-order valence-corrected chi connectivity index (χ0v) is 9.85. The second-order valence-electron chi connectivity index (χ2n) is 4.17. The Morgan fingerprint density at radius 1 is 1.47 bits per heavy atom. The Kier molecular flexibility index (Phi) is 4.46. The minimum absolute atomic E-state index is 0.0277. The van der Waals surface area contributed by atoms with E-state index in [2.05, 4.69) is 20.5 Å². The standard InChI is InChI=1S/C12H18N4O/c17-12(15-11-3-1-4-14-9-11)10-16-7-2-5-13-6-8-16/h1,3-4,9,13H,2,5-8,10H2,(H,15,17). The Bertz CT molecular complexity index is 347. The van der Waals surface area contributed by atoms with Crippen LogP contribution in [0.25, 0.3) is 0 Å². The summed E-state index contributed by atoms with van der Waals surface area (Å²) in [4.78, 5) is 17.9. The maximum absolute atomic E-state index is 11.8. The lowest BCUT2D eigenvalue weighted by molar-refractivity contribution is -0.117. The molecule has 2 rings (SSSR count). The van der Waals surface area contributed by atoms with Crippen molar-refractivity contribution in [1.29, 1.82) is 0 Å². The first-order valence-corrected chi connectivity index (χ1v) is 5.97. The average molecular weight is 234 g/mol.